The van der Waals surface area contributed by atoms with E-state index in [0.717, 1.165) is 19.3 Å². The van der Waals surface area contributed by atoms with E-state index in [-0.39, 0.29) is 50.3 Å². The molecule has 2 heterocycles. The maximum absolute atomic E-state index is 13.1. The van der Waals surface area contributed by atoms with Gasteiger partial charge in [0.1, 0.15) is 0 Å². The van der Waals surface area contributed by atoms with Gasteiger partial charge in [0.15, 0.2) is 5.78 Å². The zero-order chi connectivity index (χ0) is 20.1. The van der Waals surface area contributed by atoms with Crippen molar-refractivity contribution < 1.29 is 18.0 Å². The van der Waals surface area contributed by atoms with Crippen molar-refractivity contribution in [3.05, 3.63) is 59.2 Å². The van der Waals surface area contributed by atoms with Crippen LogP contribution in [0.5, 0.6) is 0 Å². The topological polar surface area (TPSA) is 97.5 Å². The van der Waals surface area contributed by atoms with Crippen molar-refractivity contribution in [1.82, 2.24) is 4.90 Å². The number of ketones is 1. The summed E-state index contributed by atoms with van der Waals surface area (Å²) in [5.74, 6) is -0.586. The van der Waals surface area contributed by atoms with Gasteiger partial charge in [-0.05, 0) is 56.5 Å². The van der Waals surface area contributed by atoms with Gasteiger partial charge in [0.25, 0.3) is 5.91 Å². The highest BCUT2D eigenvalue weighted by Crippen LogP contribution is 2.35. The van der Waals surface area contributed by atoms with Crippen LogP contribution in [0.4, 0.5) is 0 Å². The largest absolute Gasteiger partial charge is 0.334 e. The number of carbonyl (C=O) groups excluding carboxylic acids is 2. The highest BCUT2D eigenvalue weighted by atomic mass is 32.2. The van der Waals surface area contributed by atoms with E-state index in [9.17, 15) is 18.0 Å². The van der Waals surface area contributed by atoms with E-state index in [2.05, 4.69) is 0 Å². The summed E-state index contributed by atoms with van der Waals surface area (Å²) in [6.07, 6.45) is 2.74. The first-order valence-corrected chi connectivity index (χ1v) is 10.9. The summed E-state index contributed by atoms with van der Waals surface area (Å²) in [7, 11) is -3.87. The quantitative estimate of drug-likeness (QED) is 0.715. The molecule has 2 aromatic carbocycles. The zero-order valence-corrected chi connectivity index (χ0v) is 16.4. The highest BCUT2D eigenvalue weighted by Gasteiger charge is 2.36. The Morgan fingerprint density at radius 1 is 1.11 bits per heavy atom. The second-order valence-electron chi connectivity index (χ2n) is 7.46. The lowest BCUT2D eigenvalue weighted by Gasteiger charge is -2.38. The van der Waals surface area contributed by atoms with E-state index < -0.39 is 9.84 Å². The van der Waals surface area contributed by atoms with Gasteiger partial charge in [-0.15, -0.1) is 0 Å². The molecule has 2 unspecified atom stereocenters. The standard InChI is InChI=1S/C21H22N2O4S/c1-13(22)17-7-4-5-11-23(17)21(25)14-9-10-16-19(12-14)28(26,27)18-8-3-2-6-15(18)20(16)24/h2-3,6,8-10,12-13,17H,4-5,7,11,22H2,1H3. The van der Waals surface area contributed by atoms with Gasteiger partial charge in [0.2, 0.25) is 9.84 Å². The van der Waals surface area contributed by atoms with E-state index in [1.165, 1.54) is 30.3 Å². The smallest absolute Gasteiger partial charge is 0.254 e. The summed E-state index contributed by atoms with van der Waals surface area (Å²) in [5.41, 5.74) is 6.61. The van der Waals surface area contributed by atoms with Gasteiger partial charge in [0, 0.05) is 35.3 Å². The Morgan fingerprint density at radius 3 is 2.57 bits per heavy atom. The molecule has 1 saturated heterocycles. The fourth-order valence-corrected chi connectivity index (χ4v) is 5.82. The molecule has 7 heteroatoms. The molecule has 28 heavy (non-hydrogen) atoms. The normalized spacial score (nSPS) is 21.6. The van der Waals surface area contributed by atoms with Crippen LogP contribution < -0.4 is 5.73 Å². The predicted molar refractivity (Wildman–Crippen MR) is 104 cm³/mol. The first-order chi connectivity index (χ1) is 13.3. The Balaban J connectivity index is 1.78. The molecule has 146 valence electrons. The first kappa shape index (κ1) is 18.8. The molecule has 2 N–H and O–H groups in total. The SMILES string of the molecule is CC(N)C1CCCCN1C(=O)c1ccc2c(c1)S(=O)(=O)c1ccccc1C2=O. The lowest BCUT2D eigenvalue weighted by atomic mass is 9.95. The number of hydrogen-bond acceptors (Lipinski definition) is 5. The molecule has 1 amide bonds. The number of carbonyl (C=O) groups is 2. The van der Waals surface area contributed by atoms with Crippen LogP contribution in [0.2, 0.25) is 0 Å². The molecule has 2 aliphatic heterocycles. The number of amides is 1. The maximum atomic E-state index is 13.1. The molecule has 0 radical (unpaired) electrons. The molecule has 2 atom stereocenters. The van der Waals surface area contributed by atoms with Gasteiger partial charge in [0.05, 0.1) is 9.79 Å². The molecule has 0 spiro atoms. The van der Waals surface area contributed by atoms with Crippen molar-refractivity contribution in [2.24, 2.45) is 5.73 Å². The maximum Gasteiger partial charge on any atom is 0.254 e. The van der Waals surface area contributed by atoms with E-state index in [1.54, 1.807) is 17.0 Å². The molecule has 6 nitrogen and oxygen atoms in total. The molecular formula is C21H22N2O4S. The minimum Gasteiger partial charge on any atom is -0.334 e. The summed E-state index contributed by atoms with van der Waals surface area (Å²) >= 11 is 0. The van der Waals surface area contributed by atoms with Gasteiger partial charge in [-0.1, -0.05) is 12.1 Å². The average Bonchev–Trinajstić information content (AvgIpc) is 2.71. The van der Waals surface area contributed by atoms with E-state index in [4.69, 9.17) is 5.73 Å². The number of nitrogens with zero attached hydrogens (tertiary/aromatic N) is 1. The minimum atomic E-state index is -3.87. The van der Waals surface area contributed by atoms with Crippen LogP contribution >= 0.6 is 0 Å². The van der Waals surface area contributed by atoms with E-state index in [0.29, 0.717) is 6.54 Å². The molecular weight excluding hydrogens is 376 g/mol. The number of nitrogens with two attached hydrogens (primary N) is 1. The molecule has 0 saturated carbocycles. The highest BCUT2D eigenvalue weighted by molar-refractivity contribution is 7.91. The van der Waals surface area contributed by atoms with Crippen molar-refractivity contribution in [1.29, 1.82) is 0 Å². The summed E-state index contributed by atoms with van der Waals surface area (Å²) in [6, 6.07) is 10.3. The van der Waals surface area contributed by atoms with Crippen molar-refractivity contribution in [3.8, 4) is 0 Å². The number of likely N-dealkylation sites (tertiary alicyclic amines) is 1. The van der Waals surface area contributed by atoms with Crippen LogP contribution in [0, 0.1) is 0 Å². The van der Waals surface area contributed by atoms with Gasteiger partial charge < -0.3 is 10.6 Å². The fourth-order valence-electron chi connectivity index (χ4n) is 4.14. The number of fused-ring (bicyclic) bond motifs is 2. The van der Waals surface area contributed by atoms with Crippen molar-refractivity contribution in [3.63, 3.8) is 0 Å². The Labute approximate surface area is 164 Å². The van der Waals surface area contributed by atoms with E-state index in [1.807, 2.05) is 6.92 Å². The first-order valence-electron chi connectivity index (χ1n) is 9.42. The summed E-state index contributed by atoms with van der Waals surface area (Å²) in [6.45, 7) is 2.47. The van der Waals surface area contributed by atoms with Gasteiger partial charge in [-0.2, -0.15) is 0 Å². The summed E-state index contributed by atoms with van der Waals surface area (Å²) in [4.78, 5) is 27.5. The number of piperidine rings is 1. The number of sulfone groups is 1. The van der Waals surface area contributed by atoms with Crippen LogP contribution in [0.25, 0.3) is 0 Å². The fraction of sp³-hybridized carbons (Fsp3) is 0.333. The van der Waals surface area contributed by atoms with Crippen molar-refractivity contribution >= 4 is 21.5 Å². The molecule has 4 rings (SSSR count). The van der Waals surface area contributed by atoms with Crippen LogP contribution in [0.3, 0.4) is 0 Å². The van der Waals surface area contributed by atoms with Crippen molar-refractivity contribution in [2.45, 2.75) is 48.1 Å². The van der Waals surface area contributed by atoms with Crippen LogP contribution in [0.15, 0.2) is 52.3 Å². The predicted octanol–water partition coefficient (Wildman–Crippen LogP) is 2.41. The molecule has 2 aliphatic rings. The third-order valence-electron chi connectivity index (χ3n) is 5.60. The summed E-state index contributed by atoms with van der Waals surface area (Å²) in [5, 5.41) is 0. The van der Waals surface area contributed by atoms with Gasteiger partial charge >= 0.3 is 0 Å². The Morgan fingerprint density at radius 2 is 1.82 bits per heavy atom. The monoisotopic (exact) mass is 398 g/mol. The van der Waals surface area contributed by atoms with Gasteiger partial charge in [-0.3, -0.25) is 9.59 Å². The third-order valence-corrected chi connectivity index (χ3v) is 7.45. The second kappa shape index (κ2) is 6.83. The Kier molecular flexibility index (Phi) is 4.59. The second-order valence-corrected chi connectivity index (χ2v) is 9.35. The molecule has 0 bridgehead atoms. The Hall–Kier alpha value is -2.51. The van der Waals surface area contributed by atoms with Crippen LogP contribution in [0.1, 0.15) is 52.5 Å². The molecule has 0 aromatic heterocycles. The number of benzene rings is 2. The summed E-state index contributed by atoms with van der Waals surface area (Å²) < 4.78 is 26.1. The van der Waals surface area contributed by atoms with Crippen LogP contribution in [-0.4, -0.2) is 43.6 Å². The lowest BCUT2D eigenvalue weighted by Crippen LogP contribution is -2.51. The third kappa shape index (κ3) is 2.86. The Bertz CT molecular complexity index is 1080. The van der Waals surface area contributed by atoms with Crippen molar-refractivity contribution in [2.75, 3.05) is 6.54 Å². The van der Waals surface area contributed by atoms with E-state index >= 15 is 0 Å². The number of rotatable bonds is 2. The molecule has 0 aliphatic carbocycles. The number of hydrogen-bond donors (Lipinski definition) is 1. The lowest BCUT2D eigenvalue weighted by molar-refractivity contribution is 0.0583. The molecule has 2 aromatic rings. The average molecular weight is 398 g/mol. The van der Waals surface area contributed by atoms with Gasteiger partial charge in [-0.25, -0.2) is 8.42 Å². The minimum absolute atomic E-state index is 0.0106. The molecule has 1 fully saturated rings. The zero-order valence-electron chi connectivity index (χ0n) is 15.6. The van der Waals surface area contributed by atoms with Crippen LogP contribution in [-0.2, 0) is 9.84 Å².